The molecule has 1 aromatic heterocycles. The van der Waals surface area contributed by atoms with Crippen LogP contribution >= 0.6 is 0 Å². The van der Waals surface area contributed by atoms with E-state index in [-0.39, 0.29) is 0 Å². The molecule has 0 N–H and O–H groups in total. The lowest BCUT2D eigenvalue weighted by atomic mass is 10.1. The number of hydrogen-bond acceptors (Lipinski definition) is 1. The third kappa shape index (κ3) is 1.67. The van der Waals surface area contributed by atoms with E-state index in [0.717, 1.165) is 5.69 Å². The predicted octanol–water partition coefficient (Wildman–Crippen LogP) is 3.37. The summed E-state index contributed by atoms with van der Waals surface area (Å²) in [7, 11) is 0. The van der Waals surface area contributed by atoms with Gasteiger partial charge in [-0.3, -0.25) is 4.98 Å². The fourth-order valence-electron chi connectivity index (χ4n) is 1.49. The van der Waals surface area contributed by atoms with Crippen LogP contribution in [0, 0.1) is 13.8 Å². The van der Waals surface area contributed by atoms with Gasteiger partial charge in [-0.25, -0.2) is 0 Å². The second kappa shape index (κ2) is 3.62. The van der Waals surface area contributed by atoms with Crippen molar-refractivity contribution in [3.63, 3.8) is 0 Å². The SMILES string of the molecule is Cc1ccc(-c2ccccc2C)nc1. The third-order valence-electron chi connectivity index (χ3n) is 2.33. The van der Waals surface area contributed by atoms with Gasteiger partial charge in [0.1, 0.15) is 0 Å². The molecule has 0 amide bonds. The number of hydrogen-bond donors (Lipinski definition) is 0. The molecule has 2 rings (SSSR count). The lowest BCUT2D eigenvalue weighted by Gasteiger charge is -2.04. The number of pyridine rings is 1. The van der Waals surface area contributed by atoms with Gasteiger partial charge in [-0.1, -0.05) is 30.3 Å². The highest BCUT2D eigenvalue weighted by Crippen LogP contribution is 2.20. The van der Waals surface area contributed by atoms with E-state index >= 15 is 0 Å². The highest BCUT2D eigenvalue weighted by atomic mass is 14.7. The first-order valence-electron chi connectivity index (χ1n) is 4.76. The molecule has 0 atom stereocenters. The molecule has 1 heteroatoms. The Bertz CT molecular complexity index is 429. The minimum atomic E-state index is 1.05. The summed E-state index contributed by atoms with van der Waals surface area (Å²) < 4.78 is 0. The van der Waals surface area contributed by atoms with Crippen LogP contribution in [0.15, 0.2) is 42.6 Å². The number of nitrogens with zero attached hydrogens (tertiary/aromatic N) is 1. The smallest absolute Gasteiger partial charge is 0.0704 e. The standard InChI is InChI=1S/C13H13N/c1-10-7-8-13(14-9-10)12-6-4-3-5-11(12)2/h3-9H,1-2H3. The molecule has 0 saturated heterocycles. The Morgan fingerprint density at radius 2 is 1.71 bits per heavy atom. The maximum Gasteiger partial charge on any atom is 0.0704 e. The summed E-state index contributed by atoms with van der Waals surface area (Å²) in [6, 6.07) is 12.5. The number of aryl methyl sites for hydroxylation is 2. The maximum atomic E-state index is 4.41. The molecule has 0 bridgehead atoms. The minimum Gasteiger partial charge on any atom is -0.256 e. The van der Waals surface area contributed by atoms with Crippen LogP contribution in [-0.4, -0.2) is 4.98 Å². The van der Waals surface area contributed by atoms with E-state index in [1.54, 1.807) is 0 Å². The summed E-state index contributed by atoms with van der Waals surface area (Å²) >= 11 is 0. The highest BCUT2D eigenvalue weighted by molar-refractivity contribution is 5.63. The van der Waals surface area contributed by atoms with Gasteiger partial charge >= 0.3 is 0 Å². The van der Waals surface area contributed by atoms with Gasteiger partial charge in [-0.15, -0.1) is 0 Å². The maximum absolute atomic E-state index is 4.41. The van der Waals surface area contributed by atoms with Crippen molar-refractivity contribution >= 4 is 0 Å². The molecule has 0 saturated carbocycles. The van der Waals surface area contributed by atoms with Gasteiger partial charge in [0.25, 0.3) is 0 Å². The molecule has 0 aliphatic carbocycles. The van der Waals surface area contributed by atoms with Gasteiger partial charge in [0, 0.05) is 11.8 Å². The van der Waals surface area contributed by atoms with Crippen LogP contribution in [0.25, 0.3) is 11.3 Å². The molecular formula is C13H13N. The van der Waals surface area contributed by atoms with Crippen molar-refractivity contribution in [1.82, 2.24) is 4.98 Å². The molecule has 1 aromatic carbocycles. The second-order valence-corrected chi connectivity index (χ2v) is 3.54. The van der Waals surface area contributed by atoms with Gasteiger partial charge in [0.15, 0.2) is 0 Å². The van der Waals surface area contributed by atoms with Crippen LogP contribution in [0.3, 0.4) is 0 Å². The summed E-state index contributed by atoms with van der Waals surface area (Å²) in [5, 5.41) is 0. The molecule has 0 fully saturated rings. The number of aromatic nitrogens is 1. The van der Waals surface area contributed by atoms with E-state index < -0.39 is 0 Å². The first-order chi connectivity index (χ1) is 6.77. The summed E-state index contributed by atoms with van der Waals surface area (Å²) in [6.07, 6.45) is 1.90. The van der Waals surface area contributed by atoms with Crippen molar-refractivity contribution in [3.05, 3.63) is 53.7 Å². The summed E-state index contributed by atoms with van der Waals surface area (Å²) in [5.74, 6) is 0. The highest BCUT2D eigenvalue weighted by Gasteiger charge is 2.00. The fourth-order valence-corrected chi connectivity index (χ4v) is 1.49. The molecular weight excluding hydrogens is 170 g/mol. The van der Waals surface area contributed by atoms with Crippen molar-refractivity contribution in [2.45, 2.75) is 13.8 Å². The summed E-state index contributed by atoms with van der Waals surface area (Å²) in [5.41, 5.74) is 4.73. The summed E-state index contributed by atoms with van der Waals surface area (Å²) in [4.78, 5) is 4.41. The molecule has 0 spiro atoms. The Labute approximate surface area is 84.4 Å². The van der Waals surface area contributed by atoms with E-state index in [4.69, 9.17) is 0 Å². The van der Waals surface area contributed by atoms with E-state index in [9.17, 15) is 0 Å². The second-order valence-electron chi connectivity index (χ2n) is 3.54. The van der Waals surface area contributed by atoms with Crippen LogP contribution in [0.5, 0.6) is 0 Å². The lowest BCUT2D eigenvalue weighted by molar-refractivity contribution is 1.26. The van der Waals surface area contributed by atoms with Crippen LogP contribution in [-0.2, 0) is 0 Å². The Balaban J connectivity index is 2.50. The molecule has 0 aliphatic heterocycles. The Morgan fingerprint density at radius 3 is 2.36 bits per heavy atom. The van der Waals surface area contributed by atoms with Crippen molar-refractivity contribution < 1.29 is 0 Å². The topological polar surface area (TPSA) is 12.9 Å². The lowest BCUT2D eigenvalue weighted by Crippen LogP contribution is -1.86. The predicted molar refractivity (Wildman–Crippen MR) is 59.1 cm³/mol. The first-order valence-corrected chi connectivity index (χ1v) is 4.76. The van der Waals surface area contributed by atoms with Gasteiger partial charge in [0.05, 0.1) is 5.69 Å². The van der Waals surface area contributed by atoms with Crippen molar-refractivity contribution in [1.29, 1.82) is 0 Å². The van der Waals surface area contributed by atoms with Crippen LogP contribution in [0.2, 0.25) is 0 Å². The van der Waals surface area contributed by atoms with E-state index in [0.29, 0.717) is 0 Å². The molecule has 0 aliphatic rings. The Morgan fingerprint density at radius 1 is 0.929 bits per heavy atom. The third-order valence-corrected chi connectivity index (χ3v) is 2.33. The first kappa shape index (κ1) is 8.95. The van der Waals surface area contributed by atoms with Gasteiger partial charge < -0.3 is 0 Å². The van der Waals surface area contributed by atoms with Gasteiger partial charge in [-0.05, 0) is 31.0 Å². The molecule has 70 valence electrons. The monoisotopic (exact) mass is 183 g/mol. The van der Waals surface area contributed by atoms with Crippen molar-refractivity contribution in [3.8, 4) is 11.3 Å². The zero-order chi connectivity index (χ0) is 9.97. The number of rotatable bonds is 1. The van der Waals surface area contributed by atoms with Crippen LogP contribution < -0.4 is 0 Å². The van der Waals surface area contributed by atoms with Gasteiger partial charge in [-0.2, -0.15) is 0 Å². The van der Waals surface area contributed by atoms with E-state index in [2.05, 4.69) is 43.1 Å². The quantitative estimate of drug-likeness (QED) is 0.660. The van der Waals surface area contributed by atoms with Crippen LogP contribution in [0.4, 0.5) is 0 Å². The van der Waals surface area contributed by atoms with Crippen molar-refractivity contribution in [2.75, 3.05) is 0 Å². The zero-order valence-electron chi connectivity index (χ0n) is 8.49. The van der Waals surface area contributed by atoms with Crippen LogP contribution in [0.1, 0.15) is 11.1 Å². The number of benzene rings is 1. The average molecular weight is 183 g/mol. The van der Waals surface area contributed by atoms with Gasteiger partial charge in [0.2, 0.25) is 0 Å². The Kier molecular flexibility index (Phi) is 2.32. The molecule has 2 aromatic rings. The molecule has 0 radical (unpaired) electrons. The largest absolute Gasteiger partial charge is 0.256 e. The van der Waals surface area contributed by atoms with Crippen molar-refractivity contribution in [2.24, 2.45) is 0 Å². The minimum absolute atomic E-state index is 1.05. The zero-order valence-corrected chi connectivity index (χ0v) is 8.49. The van der Waals surface area contributed by atoms with E-state index in [1.165, 1.54) is 16.7 Å². The molecule has 1 nitrogen and oxygen atoms in total. The van der Waals surface area contributed by atoms with E-state index in [1.807, 2.05) is 18.3 Å². The normalized spacial score (nSPS) is 10.1. The summed E-state index contributed by atoms with van der Waals surface area (Å²) in [6.45, 7) is 4.16. The average Bonchev–Trinajstić information content (AvgIpc) is 2.20. The molecule has 1 heterocycles. The molecule has 0 unspecified atom stereocenters. The Hall–Kier alpha value is -1.63. The fraction of sp³-hybridized carbons (Fsp3) is 0.154. The molecule has 14 heavy (non-hydrogen) atoms.